The number of ether oxygens (including phenoxy) is 2. The van der Waals surface area contributed by atoms with Crippen molar-refractivity contribution in [2.45, 2.75) is 32.7 Å². The van der Waals surface area contributed by atoms with E-state index < -0.39 is 0 Å². The van der Waals surface area contributed by atoms with Crippen LogP contribution in [0.2, 0.25) is 0 Å². The average Bonchev–Trinajstić information content (AvgIpc) is 3.23. The largest absolute Gasteiger partial charge is 0.486 e. The monoisotopic (exact) mass is 386 g/mol. The summed E-state index contributed by atoms with van der Waals surface area (Å²) in [5.74, 6) is 1.59. The zero-order valence-corrected chi connectivity index (χ0v) is 16.2. The van der Waals surface area contributed by atoms with Gasteiger partial charge < -0.3 is 24.5 Å². The lowest BCUT2D eigenvalue weighted by molar-refractivity contribution is -0.122. The number of hydrogen-bond donors (Lipinski definition) is 2. The van der Waals surface area contributed by atoms with Gasteiger partial charge in [-0.15, -0.1) is 0 Å². The molecule has 0 bridgehead atoms. The highest BCUT2D eigenvalue weighted by atomic mass is 16.6. The van der Waals surface area contributed by atoms with Crippen LogP contribution >= 0.6 is 0 Å². The summed E-state index contributed by atoms with van der Waals surface area (Å²) in [5.41, 5.74) is 0.985. The molecule has 7 nitrogen and oxygen atoms in total. The van der Waals surface area contributed by atoms with Crippen molar-refractivity contribution in [3.63, 3.8) is 0 Å². The van der Waals surface area contributed by atoms with Crippen LogP contribution in [0.5, 0.6) is 11.5 Å². The second-order valence-corrected chi connectivity index (χ2v) is 7.03. The van der Waals surface area contributed by atoms with Crippen molar-refractivity contribution in [3.8, 4) is 11.5 Å². The number of carbonyl (C=O) groups excluding carboxylic acids is 2. The Kier molecular flexibility index (Phi) is 6.57. The number of hydrogen-bond acceptors (Lipinski definition) is 5. The lowest BCUT2D eigenvalue weighted by Crippen LogP contribution is -2.32. The van der Waals surface area contributed by atoms with Crippen molar-refractivity contribution in [1.29, 1.82) is 0 Å². The first-order valence-corrected chi connectivity index (χ1v) is 9.55. The van der Waals surface area contributed by atoms with Crippen LogP contribution in [-0.4, -0.2) is 31.6 Å². The van der Waals surface area contributed by atoms with E-state index in [9.17, 15) is 9.59 Å². The molecule has 7 heteroatoms. The molecule has 2 amide bonds. The zero-order valence-electron chi connectivity index (χ0n) is 16.2. The molecule has 0 saturated carbocycles. The topological polar surface area (TPSA) is 89.8 Å². The van der Waals surface area contributed by atoms with Gasteiger partial charge in [-0.2, -0.15) is 0 Å². The Hall–Kier alpha value is -2.96. The molecule has 0 radical (unpaired) electrons. The average molecular weight is 386 g/mol. The SMILES string of the molecule is CC(C)[C@H](NC(=O)CCCNC(=O)c1ccco1)c1ccc2c(c1)OCCO2. The summed E-state index contributed by atoms with van der Waals surface area (Å²) < 4.78 is 16.2. The highest BCUT2D eigenvalue weighted by molar-refractivity contribution is 5.91. The predicted octanol–water partition coefficient (Wildman–Crippen LogP) is 3.07. The van der Waals surface area contributed by atoms with E-state index in [4.69, 9.17) is 13.9 Å². The molecule has 0 saturated heterocycles. The molecule has 1 aromatic heterocycles. The van der Waals surface area contributed by atoms with E-state index >= 15 is 0 Å². The Balaban J connectivity index is 1.50. The number of carbonyl (C=O) groups is 2. The van der Waals surface area contributed by atoms with Crippen molar-refractivity contribution < 1.29 is 23.5 Å². The maximum absolute atomic E-state index is 12.4. The maximum Gasteiger partial charge on any atom is 0.286 e. The zero-order chi connectivity index (χ0) is 19.9. The van der Waals surface area contributed by atoms with Gasteiger partial charge in [0.15, 0.2) is 17.3 Å². The van der Waals surface area contributed by atoms with Crippen molar-refractivity contribution in [1.82, 2.24) is 10.6 Å². The summed E-state index contributed by atoms with van der Waals surface area (Å²) in [4.78, 5) is 24.2. The van der Waals surface area contributed by atoms with Crippen LogP contribution in [-0.2, 0) is 4.79 Å². The third-order valence-corrected chi connectivity index (χ3v) is 4.52. The van der Waals surface area contributed by atoms with Gasteiger partial charge in [0.1, 0.15) is 13.2 Å². The Labute approximate surface area is 164 Å². The van der Waals surface area contributed by atoms with Gasteiger partial charge in [0.2, 0.25) is 5.91 Å². The molecule has 0 fully saturated rings. The maximum atomic E-state index is 12.4. The van der Waals surface area contributed by atoms with Crippen LogP contribution in [0, 0.1) is 5.92 Å². The van der Waals surface area contributed by atoms with Crippen molar-refractivity contribution in [3.05, 3.63) is 47.9 Å². The van der Waals surface area contributed by atoms with Crippen LogP contribution in [0.1, 0.15) is 48.8 Å². The fourth-order valence-electron chi connectivity index (χ4n) is 3.08. The fraction of sp³-hybridized carbons (Fsp3) is 0.429. The molecule has 1 aromatic carbocycles. The summed E-state index contributed by atoms with van der Waals surface area (Å²) >= 11 is 0. The van der Waals surface area contributed by atoms with Crippen LogP contribution in [0.15, 0.2) is 41.0 Å². The summed E-state index contributed by atoms with van der Waals surface area (Å²) in [5, 5.41) is 5.83. The Morgan fingerprint density at radius 1 is 1.11 bits per heavy atom. The number of rotatable bonds is 8. The van der Waals surface area contributed by atoms with E-state index in [-0.39, 0.29) is 29.5 Å². The van der Waals surface area contributed by atoms with Gasteiger partial charge >= 0.3 is 0 Å². The van der Waals surface area contributed by atoms with Crippen molar-refractivity contribution in [2.75, 3.05) is 19.8 Å². The molecule has 2 N–H and O–H groups in total. The van der Waals surface area contributed by atoms with Gasteiger partial charge in [0, 0.05) is 13.0 Å². The second kappa shape index (κ2) is 9.30. The smallest absolute Gasteiger partial charge is 0.286 e. The lowest BCUT2D eigenvalue weighted by atomic mass is 9.95. The molecular formula is C21H26N2O5. The first kappa shape index (κ1) is 19.8. The van der Waals surface area contributed by atoms with E-state index in [1.54, 1.807) is 12.1 Å². The number of nitrogens with one attached hydrogen (secondary N) is 2. The van der Waals surface area contributed by atoms with E-state index in [0.29, 0.717) is 38.3 Å². The summed E-state index contributed by atoms with van der Waals surface area (Å²) in [7, 11) is 0. The lowest BCUT2D eigenvalue weighted by Gasteiger charge is -2.25. The Morgan fingerprint density at radius 3 is 2.61 bits per heavy atom. The van der Waals surface area contributed by atoms with Gasteiger partial charge in [0.25, 0.3) is 5.91 Å². The van der Waals surface area contributed by atoms with Gasteiger partial charge in [-0.05, 0) is 42.2 Å². The van der Waals surface area contributed by atoms with E-state index in [0.717, 1.165) is 11.3 Å². The molecule has 0 aliphatic carbocycles. The third-order valence-electron chi connectivity index (χ3n) is 4.52. The van der Waals surface area contributed by atoms with Crippen LogP contribution < -0.4 is 20.1 Å². The molecular weight excluding hydrogens is 360 g/mol. The molecule has 2 aromatic rings. The Bertz CT molecular complexity index is 801. The summed E-state index contributed by atoms with van der Waals surface area (Å²) in [6, 6.07) is 8.91. The first-order valence-electron chi connectivity index (χ1n) is 9.55. The highest BCUT2D eigenvalue weighted by Gasteiger charge is 2.21. The van der Waals surface area contributed by atoms with Gasteiger partial charge in [-0.3, -0.25) is 9.59 Å². The minimum absolute atomic E-state index is 0.0548. The predicted molar refractivity (Wildman–Crippen MR) is 103 cm³/mol. The minimum atomic E-state index is -0.276. The fourth-order valence-corrected chi connectivity index (χ4v) is 3.08. The van der Waals surface area contributed by atoms with Gasteiger partial charge in [-0.1, -0.05) is 19.9 Å². The number of furan rings is 1. The molecule has 3 rings (SSSR count). The highest BCUT2D eigenvalue weighted by Crippen LogP contribution is 2.34. The number of benzene rings is 1. The van der Waals surface area contributed by atoms with Gasteiger partial charge in [0.05, 0.1) is 12.3 Å². The molecule has 0 unspecified atom stereocenters. The third kappa shape index (κ3) is 5.06. The second-order valence-electron chi connectivity index (χ2n) is 7.03. The summed E-state index contributed by atoms with van der Waals surface area (Å²) in [6.45, 7) is 5.60. The van der Waals surface area contributed by atoms with Gasteiger partial charge in [-0.25, -0.2) is 0 Å². The van der Waals surface area contributed by atoms with E-state index in [2.05, 4.69) is 24.5 Å². The van der Waals surface area contributed by atoms with Crippen LogP contribution in [0.25, 0.3) is 0 Å². The van der Waals surface area contributed by atoms with Crippen molar-refractivity contribution in [2.24, 2.45) is 5.92 Å². The normalized spacial score (nSPS) is 13.8. The van der Waals surface area contributed by atoms with E-state index in [1.165, 1.54) is 6.26 Å². The Morgan fingerprint density at radius 2 is 1.89 bits per heavy atom. The number of fused-ring (bicyclic) bond motifs is 1. The molecule has 1 atom stereocenters. The molecule has 150 valence electrons. The number of amides is 2. The van der Waals surface area contributed by atoms with Crippen LogP contribution in [0.4, 0.5) is 0 Å². The summed E-state index contributed by atoms with van der Waals surface area (Å²) in [6.07, 6.45) is 2.32. The minimum Gasteiger partial charge on any atom is -0.486 e. The molecule has 0 spiro atoms. The molecule has 1 aliphatic rings. The quantitative estimate of drug-likeness (QED) is 0.681. The van der Waals surface area contributed by atoms with Crippen molar-refractivity contribution >= 4 is 11.8 Å². The van der Waals surface area contributed by atoms with Crippen LogP contribution in [0.3, 0.4) is 0 Å². The first-order chi connectivity index (χ1) is 13.5. The molecule has 28 heavy (non-hydrogen) atoms. The molecule has 1 aliphatic heterocycles. The molecule has 2 heterocycles. The standard InChI is InChI=1S/C21H26N2O5/c1-14(2)20(15-7-8-16-18(13-15)28-12-11-27-16)23-19(24)6-3-9-22-21(25)17-5-4-10-26-17/h4-5,7-8,10,13-14,20H,3,6,9,11-12H2,1-2H3,(H,22,25)(H,23,24)/t20-/m0/s1. The van der Waals surface area contributed by atoms with E-state index in [1.807, 2.05) is 18.2 Å².